The van der Waals surface area contributed by atoms with Crippen LogP contribution in [0.25, 0.3) is 0 Å². The van der Waals surface area contributed by atoms with Gasteiger partial charge in [-0.25, -0.2) is 0 Å². The summed E-state index contributed by atoms with van der Waals surface area (Å²) in [5.41, 5.74) is 1.17. The summed E-state index contributed by atoms with van der Waals surface area (Å²) >= 11 is 3.65. The summed E-state index contributed by atoms with van der Waals surface area (Å²) in [5.74, 6) is 1.66. The van der Waals surface area contributed by atoms with E-state index < -0.39 is 0 Å². The van der Waals surface area contributed by atoms with Crippen molar-refractivity contribution in [1.29, 1.82) is 0 Å². The molecule has 0 saturated carbocycles. The van der Waals surface area contributed by atoms with Gasteiger partial charge in [-0.15, -0.1) is 0 Å². The number of fused-ring (bicyclic) bond motifs is 1. The van der Waals surface area contributed by atoms with Crippen molar-refractivity contribution in [3.05, 3.63) is 23.8 Å². The lowest BCUT2D eigenvalue weighted by Crippen LogP contribution is -2.19. The highest BCUT2D eigenvalue weighted by molar-refractivity contribution is 9.09. The topological polar surface area (TPSA) is 27.7 Å². The highest BCUT2D eigenvalue weighted by atomic mass is 79.9. The Bertz CT molecular complexity index is 394. The van der Waals surface area contributed by atoms with Crippen molar-refractivity contribution in [3.63, 3.8) is 0 Å². The minimum absolute atomic E-state index is 0.174. The zero-order valence-electron chi connectivity index (χ0n) is 8.82. The second-order valence-corrected chi connectivity index (χ2v) is 5.39. The van der Waals surface area contributed by atoms with Gasteiger partial charge in [-0.05, 0) is 30.5 Å². The van der Waals surface area contributed by atoms with Crippen LogP contribution in [-0.4, -0.2) is 18.2 Å². The summed E-state index contributed by atoms with van der Waals surface area (Å²) in [5, 5.41) is 0. The van der Waals surface area contributed by atoms with E-state index in [1.54, 1.807) is 0 Å². The molecule has 16 heavy (non-hydrogen) atoms. The average molecular weight is 285 g/mol. The lowest BCUT2D eigenvalue weighted by molar-refractivity contribution is 0.0186. The maximum Gasteiger partial charge on any atom is 0.231 e. The van der Waals surface area contributed by atoms with Gasteiger partial charge in [0, 0.05) is 11.4 Å². The Morgan fingerprint density at radius 2 is 2.06 bits per heavy atom. The molecule has 86 valence electrons. The molecule has 0 aliphatic carbocycles. The van der Waals surface area contributed by atoms with Gasteiger partial charge in [0.2, 0.25) is 6.79 Å². The van der Waals surface area contributed by atoms with E-state index in [4.69, 9.17) is 14.2 Å². The fourth-order valence-electron chi connectivity index (χ4n) is 2.10. The normalized spacial score (nSPS) is 28.1. The molecule has 4 heteroatoms. The molecular formula is C12H13BrO3. The zero-order valence-corrected chi connectivity index (χ0v) is 10.4. The maximum atomic E-state index is 5.77. The van der Waals surface area contributed by atoms with Gasteiger partial charge >= 0.3 is 0 Å². The molecule has 0 spiro atoms. The van der Waals surface area contributed by atoms with E-state index >= 15 is 0 Å². The van der Waals surface area contributed by atoms with Crippen LogP contribution in [0.2, 0.25) is 0 Å². The highest BCUT2D eigenvalue weighted by Crippen LogP contribution is 2.38. The monoisotopic (exact) mass is 284 g/mol. The lowest BCUT2D eigenvalue weighted by atomic mass is 10.0. The Kier molecular flexibility index (Phi) is 2.77. The van der Waals surface area contributed by atoms with Gasteiger partial charge < -0.3 is 14.2 Å². The summed E-state index contributed by atoms with van der Waals surface area (Å²) in [6.07, 6.45) is 2.27. The van der Waals surface area contributed by atoms with E-state index in [0.29, 0.717) is 11.6 Å². The fraction of sp³-hybridized carbons (Fsp3) is 0.500. The van der Waals surface area contributed by atoms with Crippen LogP contribution in [0.15, 0.2) is 18.2 Å². The summed E-state index contributed by atoms with van der Waals surface area (Å²) in [6, 6.07) is 6.04. The van der Waals surface area contributed by atoms with Crippen molar-refractivity contribution in [1.82, 2.24) is 0 Å². The predicted molar refractivity (Wildman–Crippen MR) is 63.2 cm³/mol. The number of benzene rings is 1. The number of rotatable bonds is 1. The first-order valence-corrected chi connectivity index (χ1v) is 6.40. The third-order valence-corrected chi connectivity index (χ3v) is 3.82. The summed E-state index contributed by atoms with van der Waals surface area (Å²) in [4.78, 5) is 0.552. The Balaban J connectivity index is 1.83. The van der Waals surface area contributed by atoms with Gasteiger partial charge in [0.05, 0.1) is 6.10 Å². The van der Waals surface area contributed by atoms with Gasteiger partial charge in [-0.1, -0.05) is 22.0 Å². The molecule has 2 atom stereocenters. The number of hydrogen-bond donors (Lipinski definition) is 0. The molecular weight excluding hydrogens is 272 g/mol. The summed E-state index contributed by atoms with van der Waals surface area (Å²) in [7, 11) is 0. The maximum absolute atomic E-state index is 5.77. The fourth-order valence-corrected chi connectivity index (χ4v) is 2.63. The summed E-state index contributed by atoms with van der Waals surface area (Å²) < 4.78 is 16.4. The number of halogens is 1. The van der Waals surface area contributed by atoms with Gasteiger partial charge in [0.25, 0.3) is 0 Å². The van der Waals surface area contributed by atoms with Crippen molar-refractivity contribution >= 4 is 15.9 Å². The van der Waals surface area contributed by atoms with Gasteiger partial charge in [0.15, 0.2) is 11.5 Å². The minimum Gasteiger partial charge on any atom is -0.454 e. The van der Waals surface area contributed by atoms with E-state index in [0.717, 1.165) is 30.9 Å². The lowest BCUT2D eigenvalue weighted by Gasteiger charge is -2.26. The van der Waals surface area contributed by atoms with Crippen molar-refractivity contribution in [2.45, 2.75) is 23.8 Å². The van der Waals surface area contributed by atoms with Crippen LogP contribution in [0.1, 0.15) is 24.5 Å². The molecule has 3 rings (SSSR count). The van der Waals surface area contributed by atoms with E-state index in [2.05, 4.69) is 22.0 Å². The van der Waals surface area contributed by atoms with Gasteiger partial charge in [-0.2, -0.15) is 0 Å². The molecule has 2 aliphatic heterocycles. The third-order valence-electron chi connectivity index (χ3n) is 2.99. The number of hydrogen-bond acceptors (Lipinski definition) is 3. The Morgan fingerprint density at radius 3 is 2.94 bits per heavy atom. The van der Waals surface area contributed by atoms with E-state index in [1.807, 2.05) is 12.1 Å². The largest absolute Gasteiger partial charge is 0.454 e. The predicted octanol–water partition coefficient (Wildman–Crippen LogP) is 3.03. The SMILES string of the molecule is Br[C@H]1CCO[C@@H](c2ccc3c(c2)OCO3)C1. The molecule has 0 amide bonds. The minimum atomic E-state index is 0.174. The number of ether oxygens (including phenoxy) is 3. The van der Waals surface area contributed by atoms with Crippen LogP contribution in [0.4, 0.5) is 0 Å². The van der Waals surface area contributed by atoms with E-state index in [-0.39, 0.29) is 6.10 Å². The third kappa shape index (κ3) is 1.92. The first-order chi connectivity index (χ1) is 7.83. The van der Waals surface area contributed by atoms with E-state index in [9.17, 15) is 0 Å². The van der Waals surface area contributed by atoms with Crippen LogP contribution < -0.4 is 9.47 Å². The molecule has 0 radical (unpaired) electrons. The second-order valence-electron chi connectivity index (χ2n) is 4.09. The van der Waals surface area contributed by atoms with Crippen molar-refractivity contribution in [3.8, 4) is 11.5 Å². The molecule has 0 aromatic heterocycles. The van der Waals surface area contributed by atoms with E-state index in [1.165, 1.54) is 5.56 Å². The van der Waals surface area contributed by atoms with Crippen LogP contribution in [0.3, 0.4) is 0 Å². The molecule has 2 heterocycles. The molecule has 0 bridgehead atoms. The Hall–Kier alpha value is -0.740. The molecule has 1 aromatic rings. The zero-order chi connectivity index (χ0) is 11.0. The average Bonchev–Trinajstić information content (AvgIpc) is 2.75. The summed E-state index contributed by atoms with van der Waals surface area (Å²) in [6.45, 7) is 1.14. The smallest absolute Gasteiger partial charge is 0.231 e. The number of alkyl halides is 1. The highest BCUT2D eigenvalue weighted by Gasteiger charge is 2.24. The van der Waals surface area contributed by atoms with Crippen molar-refractivity contribution in [2.24, 2.45) is 0 Å². The molecule has 1 saturated heterocycles. The standard InChI is InChI=1S/C12H13BrO3/c13-9-3-4-14-11(6-9)8-1-2-10-12(5-8)16-7-15-10/h1-2,5,9,11H,3-4,6-7H2/t9-,11+/m0/s1. The van der Waals surface area contributed by atoms with Crippen molar-refractivity contribution < 1.29 is 14.2 Å². The molecule has 0 N–H and O–H groups in total. The van der Waals surface area contributed by atoms with Crippen LogP contribution in [0, 0.1) is 0 Å². The second kappa shape index (κ2) is 4.26. The first-order valence-electron chi connectivity index (χ1n) is 5.48. The molecule has 0 unspecified atom stereocenters. The van der Waals surface area contributed by atoms with Crippen LogP contribution in [-0.2, 0) is 4.74 Å². The molecule has 3 nitrogen and oxygen atoms in total. The Labute approximate surface area is 103 Å². The van der Waals surface area contributed by atoms with Crippen LogP contribution >= 0.6 is 15.9 Å². The van der Waals surface area contributed by atoms with Gasteiger partial charge in [-0.3, -0.25) is 0 Å². The Morgan fingerprint density at radius 1 is 1.19 bits per heavy atom. The molecule has 2 aliphatic rings. The quantitative estimate of drug-likeness (QED) is 0.742. The van der Waals surface area contributed by atoms with Crippen LogP contribution in [0.5, 0.6) is 11.5 Å². The molecule has 1 aromatic carbocycles. The first kappa shape index (κ1) is 10.4. The van der Waals surface area contributed by atoms with Gasteiger partial charge in [0.1, 0.15) is 0 Å². The molecule has 1 fully saturated rings. The van der Waals surface area contributed by atoms with Crippen molar-refractivity contribution in [2.75, 3.05) is 13.4 Å².